The van der Waals surface area contributed by atoms with Crippen LogP contribution in [0.4, 0.5) is 0 Å². The summed E-state index contributed by atoms with van der Waals surface area (Å²) in [6.07, 6.45) is 4.86. The van der Waals surface area contributed by atoms with E-state index in [4.69, 9.17) is 0 Å². The van der Waals surface area contributed by atoms with Crippen molar-refractivity contribution in [3.63, 3.8) is 0 Å². The topological polar surface area (TPSA) is 15.3 Å². The van der Waals surface area contributed by atoms with E-state index in [-0.39, 0.29) is 5.54 Å². The standard InChI is InChI=1S/C19H32N2/c1-5-17(6-2)21-15-19(4,7-3)20-14-18(21)13-16-11-9-8-10-12-16/h8-12,17-18,20H,5-7,13-15H2,1-4H3. The van der Waals surface area contributed by atoms with Gasteiger partial charge in [0.25, 0.3) is 0 Å². The molecule has 0 aromatic heterocycles. The van der Waals surface area contributed by atoms with Gasteiger partial charge in [0, 0.05) is 30.7 Å². The van der Waals surface area contributed by atoms with Crippen LogP contribution < -0.4 is 5.32 Å². The Morgan fingerprint density at radius 3 is 2.43 bits per heavy atom. The van der Waals surface area contributed by atoms with Gasteiger partial charge in [-0.1, -0.05) is 51.1 Å². The van der Waals surface area contributed by atoms with Gasteiger partial charge in [0.2, 0.25) is 0 Å². The van der Waals surface area contributed by atoms with Gasteiger partial charge in [-0.3, -0.25) is 4.90 Å². The average molecular weight is 288 g/mol. The Morgan fingerprint density at radius 1 is 1.19 bits per heavy atom. The van der Waals surface area contributed by atoms with E-state index in [1.54, 1.807) is 0 Å². The molecule has 1 N–H and O–H groups in total. The first-order valence-corrected chi connectivity index (χ1v) is 8.66. The van der Waals surface area contributed by atoms with Gasteiger partial charge in [0.1, 0.15) is 0 Å². The van der Waals surface area contributed by atoms with Crippen LogP contribution in [0.2, 0.25) is 0 Å². The van der Waals surface area contributed by atoms with Gasteiger partial charge in [0.05, 0.1) is 0 Å². The second-order valence-corrected chi connectivity index (χ2v) is 6.78. The van der Waals surface area contributed by atoms with Crippen molar-refractivity contribution in [3.05, 3.63) is 35.9 Å². The zero-order valence-electron chi connectivity index (χ0n) is 14.2. The third-order valence-corrected chi connectivity index (χ3v) is 5.27. The smallest absolute Gasteiger partial charge is 0.0278 e. The van der Waals surface area contributed by atoms with E-state index in [1.165, 1.54) is 31.4 Å². The molecule has 1 saturated heterocycles. The van der Waals surface area contributed by atoms with Gasteiger partial charge in [-0.25, -0.2) is 0 Å². The molecule has 0 aliphatic carbocycles. The lowest BCUT2D eigenvalue weighted by molar-refractivity contribution is 0.0422. The van der Waals surface area contributed by atoms with Crippen LogP contribution in [-0.4, -0.2) is 35.6 Å². The number of hydrogen-bond acceptors (Lipinski definition) is 2. The highest BCUT2D eigenvalue weighted by Gasteiger charge is 2.36. The van der Waals surface area contributed by atoms with E-state index < -0.39 is 0 Å². The molecular formula is C19H32N2. The quantitative estimate of drug-likeness (QED) is 0.855. The molecule has 118 valence electrons. The van der Waals surface area contributed by atoms with Crippen molar-refractivity contribution in [2.75, 3.05) is 13.1 Å². The second kappa shape index (κ2) is 7.42. The maximum atomic E-state index is 3.81. The maximum absolute atomic E-state index is 3.81. The summed E-state index contributed by atoms with van der Waals surface area (Å²) < 4.78 is 0. The number of piperazine rings is 1. The third-order valence-electron chi connectivity index (χ3n) is 5.27. The predicted molar refractivity (Wildman–Crippen MR) is 91.7 cm³/mol. The number of rotatable bonds is 6. The molecular weight excluding hydrogens is 256 g/mol. The Kier molecular flexibility index (Phi) is 5.83. The van der Waals surface area contributed by atoms with Crippen LogP contribution in [0.3, 0.4) is 0 Å². The van der Waals surface area contributed by atoms with Gasteiger partial charge in [-0.2, -0.15) is 0 Å². The van der Waals surface area contributed by atoms with Crippen molar-refractivity contribution in [2.24, 2.45) is 0 Å². The highest BCUT2D eigenvalue weighted by Crippen LogP contribution is 2.25. The molecule has 0 spiro atoms. The van der Waals surface area contributed by atoms with Gasteiger partial charge in [-0.15, -0.1) is 0 Å². The summed E-state index contributed by atoms with van der Waals surface area (Å²) in [5.41, 5.74) is 1.73. The lowest BCUT2D eigenvalue weighted by Crippen LogP contribution is -2.65. The van der Waals surface area contributed by atoms with Gasteiger partial charge in [-0.05, 0) is 38.2 Å². The fourth-order valence-corrected chi connectivity index (χ4v) is 3.57. The first-order chi connectivity index (χ1) is 10.1. The lowest BCUT2D eigenvalue weighted by atomic mass is 9.89. The van der Waals surface area contributed by atoms with Crippen molar-refractivity contribution < 1.29 is 0 Å². The SMILES string of the molecule is CCC(CC)N1CC(C)(CC)NCC1Cc1ccccc1. The van der Waals surface area contributed by atoms with Crippen LogP contribution in [0.25, 0.3) is 0 Å². The molecule has 2 unspecified atom stereocenters. The summed E-state index contributed by atoms with van der Waals surface area (Å²) in [4.78, 5) is 2.78. The van der Waals surface area contributed by atoms with E-state index in [0.29, 0.717) is 12.1 Å². The molecule has 2 nitrogen and oxygen atoms in total. The molecule has 1 fully saturated rings. The predicted octanol–water partition coefficient (Wildman–Crippen LogP) is 3.86. The minimum absolute atomic E-state index is 0.274. The Labute approximate surface area is 130 Å². The Balaban J connectivity index is 2.14. The Bertz CT molecular complexity index is 413. The fraction of sp³-hybridized carbons (Fsp3) is 0.684. The van der Waals surface area contributed by atoms with Gasteiger partial charge >= 0.3 is 0 Å². The molecule has 2 rings (SSSR count). The normalized spacial score (nSPS) is 27.2. The molecule has 0 bridgehead atoms. The summed E-state index contributed by atoms with van der Waals surface area (Å²) in [5, 5.41) is 3.81. The molecule has 0 amide bonds. The fourth-order valence-electron chi connectivity index (χ4n) is 3.57. The van der Waals surface area contributed by atoms with E-state index in [0.717, 1.165) is 13.0 Å². The molecule has 1 aromatic rings. The summed E-state index contributed by atoms with van der Waals surface area (Å²) in [6, 6.07) is 12.3. The molecule has 1 aliphatic heterocycles. The van der Waals surface area contributed by atoms with Crippen molar-refractivity contribution in [1.29, 1.82) is 0 Å². The van der Waals surface area contributed by atoms with Crippen LogP contribution in [0.1, 0.15) is 52.5 Å². The zero-order chi connectivity index (χ0) is 15.3. The number of hydrogen-bond donors (Lipinski definition) is 1. The maximum Gasteiger partial charge on any atom is 0.0278 e. The number of nitrogens with zero attached hydrogens (tertiary/aromatic N) is 1. The van der Waals surface area contributed by atoms with Crippen LogP contribution >= 0.6 is 0 Å². The van der Waals surface area contributed by atoms with Crippen molar-refractivity contribution >= 4 is 0 Å². The van der Waals surface area contributed by atoms with E-state index in [1.807, 2.05) is 0 Å². The zero-order valence-corrected chi connectivity index (χ0v) is 14.2. The summed E-state index contributed by atoms with van der Waals surface area (Å²) in [7, 11) is 0. The summed E-state index contributed by atoms with van der Waals surface area (Å²) in [6.45, 7) is 11.6. The molecule has 1 heterocycles. The highest BCUT2D eigenvalue weighted by molar-refractivity contribution is 5.17. The molecule has 0 saturated carbocycles. The lowest BCUT2D eigenvalue weighted by Gasteiger charge is -2.49. The highest BCUT2D eigenvalue weighted by atomic mass is 15.3. The van der Waals surface area contributed by atoms with Gasteiger partial charge < -0.3 is 5.32 Å². The molecule has 1 aliphatic rings. The molecule has 2 heteroatoms. The van der Waals surface area contributed by atoms with E-state index >= 15 is 0 Å². The third kappa shape index (κ3) is 4.08. The Morgan fingerprint density at radius 2 is 1.86 bits per heavy atom. The van der Waals surface area contributed by atoms with Crippen LogP contribution in [0, 0.1) is 0 Å². The van der Waals surface area contributed by atoms with Crippen molar-refractivity contribution in [3.8, 4) is 0 Å². The van der Waals surface area contributed by atoms with Gasteiger partial charge in [0.15, 0.2) is 0 Å². The van der Waals surface area contributed by atoms with E-state index in [2.05, 4.69) is 68.2 Å². The number of nitrogens with one attached hydrogen (secondary N) is 1. The molecule has 2 atom stereocenters. The largest absolute Gasteiger partial charge is 0.309 e. The molecule has 21 heavy (non-hydrogen) atoms. The number of benzene rings is 1. The first kappa shape index (κ1) is 16.5. The van der Waals surface area contributed by atoms with Crippen LogP contribution in [0.15, 0.2) is 30.3 Å². The minimum atomic E-state index is 0.274. The minimum Gasteiger partial charge on any atom is -0.309 e. The molecule has 0 radical (unpaired) electrons. The summed E-state index contributed by atoms with van der Waals surface area (Å²) in [5.74, 6) is 0. The van der Waals surface area contributed by atoms with Crippen LogP contribution in [-0.2, 0) is 6.42 Å². The average Bonchev–Trinajstić information content (AvgIpc) is 2.52. The molecule has 1 aromatic carbocycles. The second-order valence-electron chi connectivity index (χ2n) is 6.78. The van der Waals surface area contributed by atoms with Crippen LogP contribution in [0.5, 0.6) is 0 Å². The first-order valence-electron chi connectivity index (χ1n) is 8.66. The van der Waals surface area contributed by atoms with Crippen molar-refractivity contribution in [2.45, 2.75) is 71.0 Å². The monoisotopic (exact) mass is 288 g/mol. The van der Waals surface area contributed by atoms with Crippen molar-refractivity contribution in [1.82, 2.24) is 10.2 Å². The summed E-state index contributed by atoms with van der Waals surface area (Å²) >= 11 is 0. The Hall–Kier alpha value is -0.860. The van der Waals surface area contributed by atoms with E-state index in [9.17, 15) is 0 Å².